The van der Waals surface area contributed by atoms with Crippen molar-refractivity contribution in [2.75, 3.05) is 11.1 Å². The van der Waals surface area contributed by atoms with Gasteiger partial charge in [-0.05, 0) is 56.2 Å². The molecular formula is C24H23Cl2N5O2S2. The lowest BCUT2D eigenvalue weighted by Crippen LogP contribution is -2.14. The standard InChI is InChI=1S/C24H23Cl2N5O2S2/c1-13-5-6-16(9-14(13)2)19-11-34-23(27-19)28-21(32)12-35-24-30-29-22(31(24)4)15(3)33-20-8-7-17(25)10-18(20)26/h5-11,15H,12H2,1-4H3,(H,27,28,32). The third-order valence-corrected chi connectivity index (χ3v) is 7.62. The van der Waals surface area contributed by atoms with E-state index in [1.165, 1.54) is 34.2 Å². The van der Waals surface area contributed by atoms with Crippen LogP contribution in [0.3, 0.4) is 0 Å². The molecule has 182 valence electrons. The van der Waals surface area contributed by atoms with Gasteiger partial charge in [0.25, 0.3) is 0 Å². The first-order valence-electron chi connectivity index (χ1n) is 10.7. The second kappa shape index (κ2) is 11.0. The average molecular weight is 549 g/mol. The van der Waals surface area contributed by atoms with E-state index in [0.717, 1.165) is 11.3 Å². The molecule has 2 aromatic heterocycles. The number of hydrogen-bond acceptors (Lipinski definition) is 7. The number of thiazole rings is 1. The number of halogens is 2. The molecule has 0 aliphatic carbocycles. The average Bonchev–Trinajstić information content (AvgIpc) is 3.42. The number of carbonyl (C=O) groups is 1. The van der Waals surface area contributed by atoms with Gasteiger partial charge >= 0.3 is 0 Å². The fourth-order valence-corrected chi connectivity index (χ4v) is 5.18. The van der Waals surface area contributed by atoms with Gasteiger partial charge in [-0.3, -0.25) is 4.79 Å². The van der Waals surface area contributed by atoms with Gasteiger partial charge in [-0.15, -0.1) is 21.5 Å². The number of rotatable bonds is 8. The highest BCUT2D eigenvalue weighted by Crippen LogP contribution is 2.32. The number of benzene rings is 2. The normalized spacial score (nSPS) is 11.9. The van der Waals surface area contributed by atoms with E-state index in [1.807, 2.05) is 25.4 Å². The number of carbonyl (C=O) groups excluding carboxylic acids is 1. The van der Waals surface area contributed by atoms with Crippen molar-refractivity contribution in [3.8, 4) is 17.0 Å². The van der Waals surface area contributed by atoms with Gasteiger partial charge in [-0.25, -0.2) is 4.98 Å². The maximum Gasteiger partial charge on any atom is 0.236 e. The number of anilines is 1. The quantitative estimate of drug-likeness (QED) is 0.246. The van der Waals surface area contributed by atoms with Crippen molar-refractivity contribution < 1.29 is 9.53 Å². The van der Waals surface area contributed by atoms with Gasteiger partial charge in [0.15, 0.2) is 22.2 Å². The van der Waals surface area contributed by atoms with Gasteiger partial charge in [-0.2, -0.15) is 0 Å². The van der Waals surface area contributed by atoms with E-state index in [-0.39, 0.29) is 11.7 Å². The molecule has 1 atom stereocenters. The van der Waals surface area contributed by atoms with Crippen LogP contribution >= 0.6 is 46.3 Å². The summed E-state index contributed by atoms with van der Waals surface area (Å²) in [5, 5.41) is 15.3. The summed E-state index contributed by atoms with van der Waals surface area (Å²) in [4.78, 5) is 17.1. The van der Waals surface area contributed by atoms with Crippen molar-refractivity contribution in [2.45, 2.75) is 32.0 Å². The van der Waals surface area contributed by atoms with E-state index in [0.29, 0.717) is 31.9 Å². The molecule has 0 fully saturated rings. The third kappa shape index (κ3) is 6.16. The highest BCUT2D eigenvalue weighted by Gasteiger charge is 2.19. The molecule has 11 heteroatoms. The lowest BCUT2D eigenvalue weighted by atomic mass is 10.1. The molecule has 35 heavy (non-hydrogen) atoms. The first kappa shape index (κ1) is 25.5. The Bertz CT molecular complexity index is 1370. The fourth-order valence-electron chi connectivity index (χ4n) is 3.27. The summed E-state index contributed by atoms with van der Waals surface area (Å²) in [5.41, 5.74) is 4.31. The Morgan fingerprint density at radius 2 is 1.97 bits per heavy atom. The minimum absolute atomic E-state index is 0.169. The Morgan fingerprint density at radius 1 is 1.17 bits per heavy atom. The van der Waals surface area contributed by atoms with Crippen LogP contribution in [0.1, 0.15) is 30.0 Å². The van der Waals surface area contributed by atoms with Crippen LogP contribution in [0.25, 0.3) is 11.3 Å². The number of ether oxygens (including phenoxy) is 1. The number of aromatic nitrogens is 4. The first-order chi connectivity index (χ1) is 16.7. The predicted molar refractivity (Wildman–Crippen MR) is 143 cm³/mol. The number of nitrogens with one attached hydrogen (secondary N) is 1. The van der Waals surface area contributed by atoms with Crippen molar-refractivity contribution in [3.63, 3.8) is 0 Å². The van der Waals surface area contributed by atoms with E-state index in [2.05, 4.69) is 46.5 Å². The highest BCUT2D eigenvalue weighted by atomic mass is 35.5. The Balaban J connectivity index is 1.34. The Hall–Kier alpha value is -2.59. The fraction of sp³-hybridized carbons (Fsp3) is 0.250. The summed E-state index contributed by atoms with van der Waals surface area (Å²) in [6.45, 7) is 6.00. The van der Waals surface area contributed by atoms with Gasteiger partial charge in [0.2, 0.25) is 5.91 Å². The lowest BCUT2D eigenvalue weighted by molar-refractivity contribution is -0.113. The maximum absolute atomic E-state index is 12.5. The molecule has 0 saturated heterocycles. The summed E-state index contributed by atoms with van der Waals surface area (Å²) in [6, 6.07) is 11.2. The SMILES string of the molecule is Cc1ccc(-c2csc(NC(=O)CSc3nnc(C(C)Oc4ccc(Cl)cc4Cl)n3C)n2)cc1C. The summed E-state index contributed by atoms with van der Waals surface area (Å²) < 4.78 is 7.73. The van der Waals surface area contributed by atoms with Crippen LogP contribution in [0.5, 0.6) is 5.75 Å². The minimum Gasteiger partial charge on any atom is -0.481 e. The maximum atomic E-state index is 12.5. The highest BCUT2D eigenvalue weighted by molar-refractivity contribution is 7.99. The Kier molecular flexibility index (Phi) is 8.01. The molecule has 2 aromatic carbocycles. The van der Waals surface area contributed by atoms with Crippen LogP contribution in [0.2, 0.25) is 10.0 Å². The van der Waals surface area contributed by atoms with Crippen molar-refractivity contribution in [1.29, 1.82) is 0 Å². The molecule has 1 amide bonds. The van der Waals surface area contributed by atoms with Crippen molar-refractivity contribution in [1.82, 2.24) is 19.7 Å². The number of amides is 1. The molecule has 2 heterocycles. The van der Waals surface area contributed by atoms with Gasteiger partial charge < -0.3 is 14.6 Å². The van der Waals surface area contributed by atoms with Crippen LogP contribution in [0.4, 0.5) is 5.13 Å². The minimum atomic E-state index is -0.409. The lowest BCUT2D eigenvalue weighted by Gasteiger charge is -2.15. The van der Waals surface area contributed by atoms with E-state index in [9.17, 15) is 4.79 Å². The first-order valence-corrected chi connectivity index (χ1v) is 13.3. The van der Waals surface area contributed by atoms with E-state index < -0.39 is 6.10 Å². The van der Waals surface area contributed by atoms with E-state index in [1.54, 1.807) is 22.8 Å². The third-order valence-electron chi connectivity index (χ3n) is 5.32. The molecule has 1 unspecified atom stereocenters. The summed E-state index contributed by atoms with van der Waals surface area (Å²) >= 11 is 14.8. The molecule has 0 radical (unpaired) electrons. The molecule has 1 N–H and O–H groups in total. The topological polar surface area (TPSA) is 81.9 Å². The van der Waals surface area contributed by atoms with E-state index in [4.69, 9.17) is 27.9 Å². The second-order valence-electron chi connectivity index (χ2n) is 7.91. The molecule has 0 bridgehead atoms. The van der Waals surface area contributed by atoms with Gasteiger partial charge in [0.1, 0.15) is 5.75 Å². The Labute approximate surface area is 221 Å². The largest absolute Gasteiger partial charge is 0.481 e. The number of hydrogen-bond donors (Lipinski definition) is 1. The van der Waals surface area contributed by atoms with Gasteiger partial charge in [0, 0.05) is 23.0 Å². The van der Waals surface area contributed by atoms with Crippen molar-refractivity contribution in [3.05, 3.63) is 68.8 Å². The van der Waals surface area contributed by atoms with Gasteiger partial charge in [0.05, 0.1) is 16.5 Å². The number of nitrogens with zero attached hydrogens (tertiary/aromatic N) is 4. The second-order valence-corrected chi connectivity index (χ2v) is 10.6. The van der Waals surface area contributed by atoms with Crippen molar-refractivity contribution in [2.24, 2.45) is 7.05 Å². The zero-order valence-corrected chi connectivity index (χ0v) is 22.6. The molecule has 4 rings (SSSR count). The summed E-state index contributed by atoms with van der Waals surface area (Å²) in [5.74, 6) is 1.11. The number of aryl methyl sites for hydroxylation is 2. The molecule has 4 aromatic rings. The van der Waals surface area contributed by atoms with Gasteiger partial charge in [-0.1, -0.05) is 47.1 Å². The smallest absolute Gasteiger partial charge is 0.236 e. The molecule has 0 saturated carbocycles. The van der Waals surface area contributed by atoms with Crippen LogP contribution in [-0.4, -0.2) is 31.4 Å². The molecular weight excluding hydrogens is 525 g/mol. The molecule has 0 aliphatic rings. The summed E-state index contributed by atoms with van der Waals surface area (Å²) in [6.07, 6.45) is -0.409. The summed E-state index contributed by atoms with van der Waals surface area (Å²) in [7, 11) is 1.83. The number of thioether (sulfide) groups is 1. The van der Waals surface area contributed by atoms with Crippen LogP contribution in [0.15, 0.2) is 46.9 Å². The molecule has 0 spiro atoms. The predicted octanol–water partition coefficient (Wildman–Crippen LogP) is 6.73. The molecule has 7 nitrogen and oxygen atoms in total. The van der Waals surface area contributed by atoms with Crippen LogP contribution < -0.4 is 10.1 Å². The monoisotopic (exact) mass is 547 g/mol. The van der Waals surface area contributed by atoms with E-state index >= 15 is 0 Å². The zero-order chi connectivity index (χ0) is 25.1. The van der Waals surface area contributed by atoms with Crippen molar-refractivity contribution >= 4 is 57.3 Å². The Morgan fingerprint density at radius 3 is 2.71 bits per heavy atom. The zero-order valence-electron chi connectivity index (χ0n) is 19.5. The van der Waals surface area contributed by atoms with Crippen LogP contribution in [-0.2, 0) is 11.8 Å². The molecule has 0 aliphatic heterocycles. The van der Waals surface area contributed by atoms with Crippen LogP contribution in [0, 0.1) is 13.8 Å².